The maximum Gasteiger partial charge on any atom is 0.307 e. The lowest BCUT2D eigenvalue weighted by atomic mass is 9.73. The summed E-state index contributed by atoms with van der Waals surface area (Å²) >= 11 is 0. The van der Waals surface area contributed by atoms with Crippen LogP contribution in [-0.4, -0.2) is 43.2 Å². The number of ether oxygens (including phenoxy) is 2. The molecule has 1 amide bonds. The summed E-state index contributed by atoms with van der Waals surface area (Å²) in [6, 6.07) is 3.73. The molecule has 0 aliphatic heterocycles. The third-order valence-electron chi connectivity index (χ3n) is 4.53. The zero-order valence-corrected chi connectivity index (χ0v) is 14.0. The predicted octanol–water partition coefficient (Wildman–Crippen LogP) is 2.08. The molecule has 1 aliphatic rings. The number of amides is 1. The standard InChI is InChI=1S/C17H23NO5/c1-10-7-14(22-3)15(23-4)8-11(10)9-18(2)16(19)12-5-6-13(12)17(20)21/h7-8,12-13H,5-6,9H2,1-4H3,(H,20,21). The topological polar surface area (TPSA) is 76.1 Å². The van der Waals surface area contributed by atoms with Crippen molar-refractivity contribution in [3.8, 4) is 11.5 Å². The Labute approximate surface area is 136 Å². The Kier molecular flexibility index (Phi) is 5.13. The normalized spacial score (nSPS) is 19.7. The summed E-state index contributed by atoms with van der Waals surface area (Å²) in [4.78, 5) is 25.1. The van der Waals surface area contributed by atoms with Gasteiger partial charge in [-0.25, -0.2) is 0 Å². The van der Waals surface area contributed by atoms with Gasteiger partial charge in [0.1, 0.15) is 0 Å². The molecule has 0 spiro atoms. The minimum Gasteiger partial charge on any atom is -0.493 e. The van der Waals surface area contributed by atoms with Crippen molar-refractivity contribution in [3.05, 3.63) is 23.3 Å². The van der Waals surface area contributed by atoms with Crippen LogP contribution >= 0.6 is 0 Å². The lowest BCUT2D eigenvalue weighted by Crippen LogP contribution is -2.44. The van der Waals surface area contributed by atoms with E-state index in [1.807, 2.05) is 19.1 Å². The zero-order valence-electron chi connectivity index (χ0n) is 14.0. The molecule has 1 saturated carbocycles. The molecule has 0 radical (unpaired) electrons. The second kappa shape index (κ2) is 6.89. The second-order valence-electron chi connectivity index (χ2n) is 5.96. The molecular weight excluding hydrogens is 298 g/mol. The number of carboxylic acids is 1. The molecule has 1 aromatic rings. The van der Waals surface area contributed by atoms with Crippen molar-refractivity contribution in [1.29, 1.82) is 0 Å². The minimum absolute atomic E-state index is 0.113. The van der Waals surface area contributed by atoms with Crippen molar-refractivity contribution in [2.45, 2.75) is 26.3 Å². The van der Waals surface area contributed by atoms with Gasteiger partial charge in [0.25, 0.3) is 0 Å². The Morgan fingerprint density at radius 1 is 1.17 bits per heavy atom. The average molecular weight is 321 g/mol. The summed E-state index contributed by atoms with van der Waals surface area (Å²) in [7, 11) is 4.85. The molecule has 1 aromatic carbocycles. The summed E-state index contributed by atoms with van der Waals surface area (Å²) < 4.78 is 10.6. The van der Waals surface area contributed by atoms with Crippen LogP contribution in [0.4, 0.5) is 0 Å². The van der Waals surface area contributed by atoms with Crippen LogP contribution in [0.25, 0.3) is 0 Å². The van der Waals surface area contributed by atoms with E-state index in [4.69, 9.17) is 14.6 Å². The number of hydrogen-bond donors (Lipinski definition) is 1. The maximum atomic E-state index is 12.4. The van der Waals surface area contributed by atoms with Gasteiger partial charge >= 0.3 is 5.97 Å². The molecule has 1 fully saturated rings. The highest BCUT2D eigenvalue weighted by molar-refractivity contribution is 5.86. The number of carbonyl (C=O) groups excluding carboxylic acids is 1. The average Bonchev–Trinajstić information content (AvgIpc) is 2.46. The van der Waals surface area contributed by atoms with Crippen LogP contribution in [0, 0.1) is 18.8 Å². The molecule has 0 bridgehead atoms. The maximum absolute atomic E-state index is 12.4. The van der Waals surface area contributed by atoms with Gasteiger partial charge in [-0.2, -0.15) is 0 Å². The van der Waals surface area contributed by atoms with E-state index in [9.17, 15) is 9.59 Å². The van der Waals surface area contributed by atoms with E-state index in [0.29, 0.717) is 30.9 Å². The van der Waals surface area contributed by atoms with Gasteiger partial charge in [-0.05, 0) is 43.0 Å². The number of hydrogen-bond acceptors (Lipinski definition) is 4. The van der Waals surface area contributed by atoms with Crippen LogP contribution in [0.3, 0.4) is 0 Å². The number of rotatable bonds is 6. The molecule has 0 saturated heterocycles. The SMILES string of the molecule is COc1cc(C)c(CN(C)C(=O)C2CCC2C(=O)O)cc1OC. The number of nitrogens with zero attached hydrogens (tertiary/aromatic N) is 1. The molecule has 0 aromatic heterocycles. The van der Waals surface area contributed by atoms with Gasteiger partial charge in [-0.3, -0.25) is 9.59 Å². The van der Waals surface area contributed by atoms with E-state index in [1.165, 1.54) is 0 Å². The summed E-state index contributed by atoms with van der Waals surface area (Å²) in [5, 5.41) is 9.09. The predicted molar refractivity (Wildman–Crippen MR) is 84.6 cm³/mol. The highest BCUT2D eigenvalue weighted by atomic mass is 16.5. The summed E-state index contributed by atoms with van der Waals surface area (Å²) in [5.74, 6) is -0.689. The fraction of sp³-hybridized carbons (Fsp3) is 0.529. The molecule has 2 unspecified atom stereocenters. The van der Waals surface area contributed by atoms with Crippen molar-refractivity contribution in [2.75, 3.05) is 21.3 Å². The van der Waals surface area contributed by atoms with E-state index < -0.39 is 17.8 Å². The van der Waals surface area contributed by atoms with Crippen LogP contribution in [0.5, 0.6) is 11.5 Å². The van der Waals surface area contributed by atoms with Gasteiger partial charge in [0.15, 0.2) is 11.5 Å². The molecule has 1 N–H and O–H groups in total. The fourth-order valence-electron chi connectivity index (χ4n) is 2.90. The van der Waals surface area contributed by atoms with E-state index in [-0.39, 0.29) is 5.91 Å². The van der Waals surface area contributed by atoms with Crippen molar-refractivity contribution in [3.63, 3.8) is 0 Å². The van der Waals surface area contributed by atoms with E-state index in [1.54, 1.807) is 26.2 Å². The highest BCUT2D eigenvalue weighted by Crippen LogP contribution is 2.36. The van der Waals surface area contributed by atoms with Crippen LogP contribution in [0.2, 0.25) is 0 Å². The number of carboxylic acid groups (broad SMARTS) is 1. The number of benzene rings is 1. The van der Waals surface area contributed by atoms with Crippen molar-refractivity contribution in [1.82, 2.24) is 4.90 Å². The van der Waals surface area contributed by atoms with E-state index in [2.05, 4.69) is 0 Å². The Balaban J connectivity index is 2.12. The van der Waals surface area contributed by atoms with Gasteiger partial charge in [0.2, 0.25) is 5.91 Å². The first-order valence-electron chi connectivity index (χ1n) is 7.58. The van der Waals surface area contributed by atoms with Gasteiger partial charge in [0, 0.05) is 13.6 Å². The molecule has 23 heavy (non-hydrogen) atoms. The number of aliphatic carboxylic acids is 1. The number of methoxy groups -OCH3 is 2. The largest absolute Gasteiger partial charge is 0.493 e. The third kappa shape index (κ3) is 3.41. The summed E-state index contributed by atoms with van der Waals surface area (Å²) in [6.07, 6.45) is 1.22. The monoisotopic (exact) mass is 321 g/mol. The zero-order chi connectivity index (χ0) is 17.1. The molecule has 2 rings (SSSR count). The lowest BCUT2D eigenvalue weighted by Gasteiger charge is -2.35. The van der Waals surface area contributed by atoms with Gasteiger partial charge in [-0.15, -0.1) is 0 Å². The first-order valence-corrected chi connectivity index (χ1v) is 7.58. The van der Waals surface area contributed by atoms with Crippen LogP contribution in [0.15, 0.2) is 12.1 Å². The molecule has 126 valence electrons. The molecule has 2 atom stereocenters. The molecule has 1 aliphatic carbocycles. The fourth-order valence-corrected chi connectivity index (χ4v) is 2.90. The van der Waals surface area contributed by atoms with Crippen LogP contribution in [0.1, 0.15) is 24.0 Å². The Hall–Kier alpha value is -2.24. The number of carbonyl (C=O) groups is 2. The third-order valence-corrected chi connectivity index (χ3v) is 4.53. The quantitative estimate of drug-likeness (QED) is 0.868. The van der Waals surface area contributed by atoms with Gasteiger partial charge in [-0.1, -0.05) is 0 Å². The summed E-state index contributed by atoms with van der Waals surface area (Å²) in [6.45, 7) is 2.35. The van der Waals surface area contributed by atoms with Crippen LogP contribution < -0.4 is 9.47 Å². The second-order valence-corrected chi connectivity index (χ2v) is 5.96. The molecular formula is C17H23NO5. The Bertz CT molecular complexity index is 613. The molecule has 0 heterocycles. The highest BCUT2D eigenvalue weighted by Gasteiger charge is 2.42. The first kappa shape index (κ1) is 17.1. The number of aryl methyl sites for hydroxylation is 1. The molecule has 6 nitrogen and oxygen atoms in total. The van der Waals surface area contributed by atoms with Gasteiger partial charge < -0.3 is 19.5 Å². The lowest BCUT2D eigenvalue weighted by molar-refractivity contribution is -0.156. The van der Waals surface area contributed by atoms with E-state index in [0.717, 1.165) is 11.1 Å². The van der Waals surface area contributed by atoms with Crippen molar-refractivity contribution in [2.24, 2.45) is 11.8 Å². The van der Waals surface area contributed by atoms with Gasteiger partial charge in [0.05, 0.1) is 26.1 Å². The van der Waals surface area contributed by atoms with Crippen molar-refractivity contribution >= 4 is 11.9 Å². The van der Waals surface area contributed by atoms with E-state index >= 15 is 0 Å². The Morgan fingerprint density at radius 2 is 1.74 bits per heavy atom. The summed E-state index contributed by atoms with van der Waals surface area (Å²) in [5.41, 5.74) is 1.94. The smallest absolute Gasteiger partial charge is 0.307 e. The minimum atomic E-state index is -0.884. The first-order chi connectivity index (χ1) is 10.9. The molecule has 6 heteroatoms. The Morgan fingerprint density at radius 3 is 2.22 bits per heavy atom. The van der Waals surface area contributed by atoms with Crippen LogP contribution in [-0.2, 0) is 16.1 Å². The van der Waals surface area contributed by atoms with Crippen molar-refractivity contribution < 1.29 is 24.2 Å².